The van der Waals surface area contributed by atoms with Crippen molar-refractivity contribution < 1.29 is 32.2 Å². The Morgan fingerprint density at radius 3 is 1.64 bits per heavy atom. The molecule has 0 atom stereocenters. The molecule has 0 saturated heterocycles. The molecule has 0 amide bonds. The van der Waals surface area contributed by atoms with E-state index in [0.29, 0.717) is 0 Å². The van der Waals surface area contributed by atoms with E-state index in [1.165, 1.54) is 16.7 Å². The maximum atomic E-state index is 6.25. The van der Waals surface area contributed by atoms with Crippen LogP contribution in [0.3, 0.4) is 0 Å². The quantitative estimate of drug-likeness (QED) is 0.269. The summed E-state index contributed by atoms with van der Waals surface area (Å²) in [5, 5.41) is 0. The zero-order chi connectivity index (χ0) is 28.1. The molecule has 0 aromatic heterocycles. The molecule has 1 aliphatic rings. The van der Waals surface area contributed by atoms with Crippen LogP contribution in [0.1, 0.15) is 78.5 Å². The Morgan fingerprint density at radius 2 is 1.25 bits per heavy atom. The number of aryl methyl sites for hydroxylation is 1. The molecule has 0 unspecified atom stereocenters. The van der Waals surface area contributed by atoms with E-state index >= 15 is 0 Å². The topological polar surface area (TPSA) is 9.23 Å². The van der Waals surface area contributed by atoms with Gasteiger partial charge in [0.2, 0.25) is 0 Å². The molecule has 1 aromatic rings. The Hall–Kier alpha value is 0.0377. The van der Waals surface area contributed by atoms with E-state index in [9.17, 15) is 0 Å². The molecule has 0 aliphatic heterocycles. The fraction of sp³-hybridized carbons (Fsp3) is 0.688. The standard InChI is InChI=1S/C24H35O.2C4H11Si.Y/c1-16-13-19(23(5,6)7)21(25-10)20(14-16)24(8,9)18-12-11-17(15-18)22(2,3)4;2*1-5(2,3)4;/h11,13-14H,12H2,1-10H3;2*1H2,2-4H3;. The number of benzene rings is 1. The van der Waals surface area contributed by atoms with E-state index in [-0.39, 0.29) is 16.2 Å². The average molecular weight is 603 g/mol. The summed E-state index contributed by atoms with van der Waals surface area (Å²) >= 11 is -2.10. The van der Waals surface area contributed by atoms with Gasteiger partial charge in [-0.15, -0.1) is 0 Å². The van der Waals surface area contributed by atoms with Gasteiger partial charge in [0.15, 0.2) is 0 Å². The molecule has 4 heteroatoms. The first-order chi connectivity index (χ1) is 16.0. The van der Waals surface area contributed by atoms with Crippen molar-refractivity contribution in [3.8, 4) is 5.75 Å². The van der Waals surface area contributed by atoms with E-state index in [1.54, 1.807) is 16.9 Å². The average Bonchev–Trinajstić information content (AvgIpc) is 3.10. The summed E-state index contributed by atoms with van der Waals surface area (Å²) in [5.74, 6) is 1.11. The van der Waals surface area contributed by atoms with Crippen LogP contribution in [0.4, 0.5) is 0 Å². The fourth-order valence-electron chi connectivity index (χ4n) is 6.29. The summed E-state index contributed by atoms with van der Waals surface area (Å²) in [6.45, 7) is 37.2. The van der Waals surface area contributed by atoms with Crippen molar-refractivity contribution >= 4 is 16.1 Å². The number of hydrogen-bond donors (Lipinski definition) is 0. The Labute approximate surface area is 237 Å². The van der Waals surface area contributed by atoms with Gasteiger partial charge in [-0.25, -0.2) is 0 Å². The monoisotopic (exact) mass is 602 g/mol. The normalized spacial score (nSPS) is 15.9. The van der Waals surface area contributed by atoms with E-state index in [2.05, 4.69) is 120 Å². The van der Waals surface area contributed by atoms with E-state index < -0.39 is 43.6 Å². The third-order valence-corrected chi connectivity index (χ3v) is 40.1. The fourth-order valence-corrected chi connectivity index (χ4v) is 43.1. The summed E-state index contributed by atoms with van der Waals surface area (Å²) < 4.78 is 11.3. The van der Waals surface area contributed by atoms with Crippen LogP contribution in [-0.2, 0) is 38.3 Å². The maximum absolute atomic E-state index is 6.25. The first kappa shape index (κ1) is 32.3. The van der Waals surface area contributed by atoms with Crippen LogP contribution in [0.5, 0.6) is 5.75 Å². The molecule has 0 saturated carbocycles. The molecule has 1 nitrogen and oxygen atoms in total. The minimum absolute atomic E-state index is 0.0430. The van der Waals surface area contributed by atoms with Crippen molar-refractivity contribution in [1.82, 2.24) is 0 Å². The number of allylic oxidation sites excluding steroid dienone is 4. The van der Waals surface area contributed by atoms with Crippen LogP contribution in [0.15, 0.2) is 31.7 Å². The van der Waals surface area contributed by atoms with Gasteiger partial charge in [-0.05, 0) is 0 Å². The van der Waals surface area contributed by atoms with Crippen LogP contribution in [0.25, 0.3) is 0 Å². The Morgan fingerprint density at radius 1 is 0.778 bits per heavy atom. The summed E-state index contributed by atoms with van der Waals surface area (Å²) in [4.78, 5) is 0. The third-order valence-electron chi connectivity index (χ3n) is 7.73. The SMILES string of the molecule is COc1c(C(C)(C)C)cc(C)cc1C(C)(C)C1=[C]([Y]([CH2][Si](C)(C)C)[CH2][Si](C)(C)C)C(C(C)(C)C)=CC1. The van der Waals surface area contributed by atoms with Crippen molar-refractivity contribution in [2.24, 2.45) is 5.41 Å². The molecule has 1 aliphatic carbocycles. The van der Waals surface area contributed by atoms with Crippen LogP contribution >= 0.6 is 0 Å². The molecule has 0 heterocycles. The predicted octanol–water partition coefficient (Wildman–Crippen LogP) is 10.4. The second-order valence-corrected chi connectivity index (χ2v) is 38.4. The summed E-state index contributed by atoms with van der Waals surface area (Å²) in [6.07, 6.45) is 3.75. The van der Waals surface area contributed by atoms with Gasteiger partial charge in [0.25, 0.3) is 0 Å². The molecule has 36 heavy (non-hydrogen) atoms. The summed E-state index contributed by atoms with van der Waals surface area (Å²) in [7, 11) is -0.475. The molecular formula is C32H57OSi2Y. The van der Waals surface area contributed by atoms with Gasteiger partial charge in [0.05, 0.1) is 0 Å². The van der Waals surface area contributed by atoms with Gasteiger partial charge < -0.3 is 0 Å². The van der Waals surface area contributed by atoms with Crippen LogP contribution in [0.2, 0.25) is 45.0 Å². The van der Waals surface area contributed by atoms with Gasteiger partial charge in [0.1, 0.15) is 0 Å². The Bertz CT molecular complexity index is 1000. The zero-order valence-electron chi connectivity index (χ0n) is 26.8. The molecule has 2 rings (SSSR count). The predicted molar refractivity (Wildman–Crippen MR) is 165 cm³/mol. The Balaban J connectivity index is 2.91. The molecule has 0 fully saturated rings. The second-order valence-electron chi connectivity index (χ2n) is 16.5. The van der Waals surface area contributed by atoms with Gasteiger partial charge in [-0.1, -0.05) is 0 Å². The van der Waals surface area contributed by atoms with Crippen molar-refractivity contribution in [3.05, 3.63) is 48.4 Å². The van der Waals surface area contributed by atoms with Crippen molar-refractivity contribution in [2.45, 2.75) is 125 Å². The van der Waals surface area contributed by atoms with Gasteiger partial charge in [0, 0.05) is 0 Å². The van der Waals surface area contributed by atoms with E-state index in [1.807, 2.05) is 9.49 Å². The van der Waals surface area contributed by atoms with Gasteiger partial charge in [-0.2, -0.15) is 0 Å². The summed E-state index contributed by atoms with van der Waals surface area (Å²) in [5.41, 5.74) is 7.69. The van der Waals surface area contributed by atoms with Crippen molar-refractivity contribution in [3.63, 3.8) is 0 Å². The Kier molecular flexibility index (Phi) is 9.76. The number of ether oxygens (including phenoxy) is 1. The van der Waals surface area contributed by atoms with Crippen LogP contribution in [0, 0.1) is 12.3 Å². The molecule has 0 bridgehead atoms. The first-order valence-electron chi connectivity index (χ1n) is 14.1. The molecule has 1 aromatic carbocycles. The molecular weight excluding hydrogens is 545 g/mol. The van der Waals surface area contributed by atoms with Gasteiger partial charge >= 0.3 is 240 Å². The van der Waals surface area contributed by atoms with Crippen LogP contribution in [-0.4, -0.2) is 23.3 Å². The van der Waals surface area contributed by atoms with Crippen molar-refractivity contribution in [1.29, 1.82) is 0 Å². The third kappa shape index (κ3) is 7.79. The molecule has 0 radical (unpaired) electrons. The number of hydrogen-bond acceptors (Lipinski definition) is 1. The van der Waals surface area contributed by atoms with Gasteiger partial charge in [-0.3, -0.25) is 0 Å². The van der Waals surface area contributed by atoms with Crippen molar-refractivity contribution in [2.75, 3.05) is 7.11 Å². The van der Waals surface area contributed by atoms with E-state index in [4.69, 9.17) is 4.74 Å². The van der Waals surface area contributed by atoms with Crippen LogP contribution < -0.4 is 4.74 Å². The number of methoxy groups -OCH3 is 1. The van der Waals surface area contributed by atoms with E-state index in [0.717, 1.165) is 12.2 Å². The molecule has 202 valence electrons. The second kappa shape index (κ2) is 10.9. The summed E-state index contributed by atoms with van der Waals surface area (Å²) in [6, 6.07) is 4.77. The minimum atomic E-state index is -2.10. The molecule has 0 N–H and O–H groups in total. The first-order valence-corrected chi connectivity index (χ1v) is 27.0. The number of rotatable bonds is 8. The zero-order valence-corrected chi connectivity index (χ0v) is 31.7. The molecule has 0 spiro atoms.